The van der Waals surface area contributed by atoms with Crippen LogP contribution in [0.3, 0.4) is 0 Å². The topological polar surface area (TPSA) is 90.2 Å². The van der Waals surface area contributed by atoms with Crippen molar-refractivity contribution in [3.63, 3.8) is 0 Å². The van der Waals surface area contributed by atoms with Gasteiger partial charge in [0, 0.05) is 4.47 Å². The van der Waals surface area contributed by atoms with Gasteiger partial charge in [-0.1, -0.05) is 29.8 Å². The molecule has 5 nitrogen and oxygen atoms in total. The Kier molecular flexibility index (Phi) is 3.57. The summed E-state index contributed by atoms with van der Waals surface area (Å²) in [5.41, 5.74) is 0.167. The van der Waals surface area contributed by atoms with E-state index in [1.807, 2.05) is 6.07 Å². The number of nitrogens with one attached hydrogen (secondary N) is 1. The molecule has 2 rings (SSSR count). The van der Waals surface area contributed by atoms with Gasteiger partial charge in [-0.05, 0) is 23.6 Å². The molecule has 1 saturated carbocycles. The molecule has 0 spiro atoms. The van der Waals surface area contributed by atoms with E-state index in [1.165, 1.54) is 0 Å². The number of amides is 1. The van der Waals surface area contributed by atoms with Gasteiger partial charge in [-0.2, -0.15) is 5.26 Å². The van der Waals surface area contributed by atoms with Gasteiger partial charge in [0.25, 0.3) is 0 Å². The molecular weight excluding hydrogens is 324 g/mol. The zero-order valence-electron chi connectivity index (χ0n) is 11.0. The summed E-state index contributed by atoms with van der Waals surface area (Å²) in [6.45, 7) is 3.50. The van der Waals surface area contributed by atoms with E-state index in [-0.39, 0.29) is 5.91 Å². The second-order valence-electron chi connectivity index (χ2n) is 5.41. The summed E-state index contributed by atoms with van der Waals surface area (Å²) in [6, 6.07) is 6.91. The van der Waals surface area contributed by atoms with Crippen LogP contribution in [0.4, 0.5) is 5.69 Å². The van der Waals surface area contributed by atoms with Crippen LogP contribution in [0.25, 0.3) is 0 Å². The zero-order chi connectivity index (χ0) is 15.1. The van der Waals surface area contributed by atoms with Crippen LogP contribution < -0.4 is 5.32 Å². The molecular formula is C14H13BrN2O3. The molecule has 0 heterocycles. The third-order valence-corrected chi connectivity index (χ3v) is 4.23. The molecule has 1 aliphatic carbocycles. The minimum Gasteiger partial charge on any atom is -0.481 e. The summed E-state index contributed by atoms with van der Waals surface area (Å²) >= 11 is 3.27. The number of hydrogen-bond donors (Lipinski definition) is 2. The van der Waals surface area contributed by atoms with Gasteiger partial charge in [-0.15, -0.1) is 0 Å². The summed E-state index contributed by atoms with van der Waals surface area (Å²) in [5, 5.41) is 20.7. The van der Waals surface area contributed by atoms with Gasteiger partial charge in [0.15, 0.2) is 0 Å². The first-order valence-corrected chi connectivity index (χ1v) is 6.81. The van der Waals surface area contributed by atoms with Crippen molar-refractivity contribution in [3.05, 3.63) is 28.2 Å². The van der Waals surface area contributed by atoms with Crippen LogP contribution in [0, 0.1) is 28.6 Å². The molecule has 0 aliphatic heterocycles. The fraction of sp³-hybridized carbons (Fsp3) is 0.357. The molecule has 2 N–H and O–H groups in total. The van der Waals surface area contributed by atoms with Crippen molar-refractivity contribution in [2.45, 2.75) is 13.8 Å². The summed E-state index contributed by atoms with van der Waals surface area (Å²) in [4.78, 5) is 23.3. The fourth-order valence-corrected chi connectivity index (χ4v) is 2.88. The van der Waals surface area contributed by atoms with Gasteiger partial charge >= 0.3 is 5.97 Å². The minimum atomic E-state index is -0.968. The van der Waals surface area contributed by atoms with Crippen molar-refractivity contribution in [1.29, 1.82) is 5.26 Å². The van der Waals surface area contributed by atoms with Gasteiger partial charge in [-0.25, -0.2) is 0 Å². The predicted octanol–water partition coefficient (Wildman–Crippen LogP) is 2.62. The quantitative estimate of drug-likeness (QED) is 0.887. The number of halogens is 1. The van der Waals surface area contributed by atoms with E-state index in [0.29, 0.717) is 11.3 Å². The molecule has 0 saturated heterocycles. The molecule has 2 atom stereocenters. The molecule has 6 heteroatoms. The largest absolute Gasteiger partial charge is 0.481 e. The van der Waals surface area contributed by atoms with Crippen molar-refractivity contribution in [3.8, 4) is 6.07 Å². The van der Waals surface area contributed by atoms with Crippen molar-refractivity contribution >= 4 is 33.5 Å². The van der Waals surface area contributed by atoms with Crippen LogP contribution >= 0.6 is 15.9 Å². The monoisotopic (exact) mass is 336 g/mol. The molecule has 20 heavy (non-hydrogen) atoms. The molecule has 0 bridgehead atoms. The molecule has 104 valence electrons. The Balaban J connectivity index is 2.20. The highest BCUT2D eigenvalue weighted by Crippen LogP contribution is 2.58. The third kappa shape index (κ3) is 2.41. The lowest BCUT2D eigenvalue weighted by Gasteiger charge is -2.08. The zero-order valence-corrected chi connectivity index (χ0v) is 12.6. The first-order chi connectivity index (χ1) is 9.28. The van der Waals surface area contributed by atoms with Crippen LogP contribution in [-0.2, 0) is 9.59 Å². The first kappa shape index (κ1) is 14.5. The Labute approximate surface area is 124 Å². The van der Waals surface area contributed by atoms with Crippen LogP contribution in [0.2, 0.25) is 0 Å². The molecule has 0 aromatic heterocycles. The van der Waals surface area contributed by atoms with Crippen molar-refractivity contribution < 1.29 is 14.7 Å². The van der Waals surface area contributed by atoms with Gasteiger partial charge in [0.2, 0.25) is 5.91 Å². The molecule has 1 amide bonds. The molecule has 1 aromatic carbocycles. The van der Waals surface area contributed by atoms with Crippen molar-refractivity contribution in [2.75, 3.05) is 5.32 Å². The molecule has 1 aromatic rings. The summed E-state index contributed by atoms with van der Waals surface area (Å²) < 4.78 is 0.733. The number of nitrogens with zero attached hydrogens (tertiary/aromatic N) is 1. The van der Waals surface area contributed by atoms with Gasteiger partial charge in [0.05, 0.1) is 23.1 Å². The number of benzene rings is 1. The summed E-state index contributed by atoms with van der Waals surface area (Å²) in [7, 11) is 0. The maximum atomic E-state index is 12.2. The van der Waals surface area contributed by atoms with E-state index in [0.717, 1.165) is 4.47 Å². The number of aliphatic carboxylic acids is 1. The lowest BCUT2D eigenvalue weighted by atomic mass is 10.1. The Morgan fingerprint density at radius 1 is 1.40 bits per heavy atom. The maximum Gasteiger partial charge on any atom is 0.307 e. The van der Waals surface area contributed by atoms with Gasteiger partial charge in [-0.3, -0.25) is 9.59 Å². The number of carboxylic acid groups (broad SMARTS) is 1. The number of carboxylic acids is 1. The van der Waals surface area contributed by atoms with E-state index in [9.17, 15) is 9.59 Å². The second kappa shape index (κ2) is 4.91. The Bertz CT molecular complexity index is 634. The average molecular weight is 337 g/mol. The number of hydrogen-bond acceptors (Lipinski definition) is 3. The SMILES string of the molecule is CC1(C)C(C(=O)O)C1C(=O)Nc1cc(Br)ccc1C#N. The number of rotatable bonds is 3. The normalized spacial score (nSPS) is 22.7. The highest BCUT2D eigenvalue weighted by Gasteiger charge is 2.65. The predicted molar refractivity (Wildman–Crippen MR) is 75.9 cm³/mol. The fourth-order valence-electron chi connectivity index (χ4n) is 2.52. The van der Waals surface area contributed by atoms with E-state index < -0.39 is 23.2 Å². The Hall–Kier alpha value is -1.87. The highest BCUT2D eigenvalue weighted by atomic mass is 79.9. The molecule has 1 fully saturated rings. The minimum absolute atomic E-state index is 0.340. The number of nitriles is 1. The van der Waals surface area contributed by atoms with E-state index in [4.69, 9.17) is 10.4 Å². The Morgan fingerprint density at radius 2 is 2.05 bits per heavy atom. The number of carbonyl (C=O) groups excluding carboxylic acids is 1. The lowest BCUT2D eigenvalue weighted by molar-refractivity contribution is -0.140. The number of carbonyl (C=O) groups is 2. The maximum absolute atomic E-state index is 12.2. The summed E-state index contributed by atoms with van der Waals surface area (Å²) in [6.07, 6.45) is 0. The first-order valence-electron chi connectivity index (χ1n) is 6.02. The molecule has 1 aliphatic rings. The van der Waals surface area contributed by atoms with E-state index in [1.54, 1.807) is 32.0 Å². The third-order valence-electron chi connectivity index (χ3n) is 3.74. The molecule has 2 unspecified atom stereocenters. The average Bonchev–Trinajstić information content (AvgIpc) is 2.93. The Morgan fingerprint density at radius 3 is 2.55 bits per heavy atom. The van der Waals surface area contributed by atoms with Crippen LogP contribution in [0.5, 0.6) is 0 Å². The lowest BCUT2D eigenvalue weighted by Crippen LogP contribution is -2.18. The second-order valence-corrected chi connectivity index (χ2v) is 6.32. The highest BCUT2D eigenvalue weighted by molar-refractivity contribution is 9.10. The van der Waals surface area contributed by atoms with Crippen molar-refractivity contribution in [1.82, 2.24) is 0 Å². The molecule has 0 radical (unpaired) electrons. The van der Waals surface area contributed by atoms with Crippen LogP contribution in [0.1, 0.15) is 19.4 Å². The van der Waals surface area contributed by atoms with Crippen LogP contribution in [-0.4, -0.2) is 17.0 Å². The van der Waals surface area contributed by atoms with E-state index >= 15 is 0 Å². The standard InChI is InChI=1S/C14H13BrN2O3/c1-14(2)10(11(14)13(19)20)12(18)17-9-5-8(15)4-3-7(9)6-16/h3-5,10-11H,1-2H3,(H,17,18)(H,19,20). The number of anilines is 1. The van der Waals surface area contributed by atoms with Gasteiger partial charge < -0.3 is 10.4 Å². The smallest absolute Gasteiger partial charge is 0.307 e. The summed E-state index contributed by atoms with van der Waals surface area (Å²) in [5.74, 6) is -2.59. The van der Waals surface area contributed by atoms with E-state index in [2.05, 4.69) is 21.2 Å². The van der Waals surface area contributed by atoms with Crippen molar-refractivity contribution in [2.24, 2.45) is 17.3 Å². The van der Waals surface area contributed by atoms with Crippen LogP contribution in [0.15, 0.2) is 22.7 Å². The van der Waals surface area contributed by atoms with Gasteiger partial charge in [0.1, 0.15) is 6.07 Å².